The molecule has 0 unspecified atom stereocenters. The Balaban J connectivity index is 2.27. The van der Waals surface area contributed by atoms with Gasteiger partial charge in [-0.05, 0) is 26.3 Å². The molecular weight excluding hydrogens is 266 g/mol. The molecule has 0 bridgehead atoms. The molecular formula is C15H21N5O. The van der Waals surface area contributed by atoms with E-state index >= 15 is 0 Å². The minimum atomic E-state index is -0.0772. The molecule has 1 aliphatic rings. The number of hydrogen-bond acceptors (Lipinski definition) is 4. The van der Waals surface area contributed by atoms with Crippen molar-refractivity contribution in [1.82, 2.24) is 15.1 Å². The molecule has 0 atom stereocenters. The Morgan fingerprint density at radius 3 is 3.00 bits per heavy atom. The molecule has 1 saturated heterocycles. The fraction of sp³-hybridized carbons (Fsp3) is 0.400. The predicted molar refractivity (Wildman–Crippen MR) is 84.8 cm³/mol. The Kier molecular flexibility index (Phi) is 4.57. The zero-order chi connectivity index (χ0) is 15.4. The molecule has 1 aliphatic heterocycles. The summed E-state index contributed by atoms with van der Waals surface area (Å²) in [6.45, 7) is 6.58. The van der Waals surface area contributed by atoms with Crippen LogP contribution in [0.25, 0.3) is 6.08 Å². The van der Waals surface area contributed by atoms with E-state index in [9.17, 15) is 4.79 Å². The first-order valence-corrected chi connectivity index (χ1v) is 7.08. The van der Waals surface area contributed by atoms with E-state index in [1.54, 1.807) is 17.0 Å². The minimum Gasteiger partial charge on any atom is -0.383 e. The van der Waals surface area contributed by atoms with Gasteiger partial charge in [-0.3, -0.25) is 9.79 Å². The van der Waals surface area contributed by atoms with Crippen LogP contribution in [0, 0.1) is 0 Å². The Hall–Kier alpha value is -2.37. The monoisotopic (exact) mass is 287 g/mol. The van der Waals surface area contributed by atoms with Crippen molar-refractivity contribution >= 4 is 23.6 Å². The normalized spacial score (nSPS) is 19.6. The molecule has 2 rings (SSSR count). The topological polar surface area (TPSA) is 85.3 Å². The van der Waals surface area contributed by atoms with Gasteiger partial charge in [0.05, 0.1) is 6.20 Å². The summed E-state index contributed by atoms with van der Waals surface area (Å²) in [6, 6.07) is 0. The number of nitrogen functional groups attached to an aromatic ring is 1. The first-order chi connectivity index (χ1) is 10.1. The van der Waals surface area contributed by atoms with Gasteiger partial charge in [0, 0.05) is 29.8 Å². The summed E-state index contributed by atoms with van der Waals surface area (Å²) in [5.74, 6) is 1.18. The van der Waals surface area contributed by atoms with Gasteiger partial charge in [0.15, 0.2) is 0 Å². The first kappa shape index (κ1) is 15.0. The molecule has 1 aromatic heterocycles. The lowest BCUT2D eigenvalue weighted by atomic mass is 10.1. The van der Waals surface area contributed by atoms with E-state index in [-0.39, 0.29) is 5.91 Å². The largest absolute Gasteiger partial charge is 0.383 e. The Labute approximate surface area is 124 Å². The van der Waals surface area contributed by atoms with Crippen molar-refractivity contribution in [3.05, 3.63) is 29.1 Å². The summed E-state index contributed by atoms with van der Waals surface area (Å²) in [5, 5.41) is 7.06. The van der Waals surface area contributed by atoms with Crippen LogP contribution in [0.15, 0.2) is 28.5 Å². The van der Waals surface area contributed by atoms with E-state index in [0.29, 0.717) is 17.8 Å². The van der Waals surface area contributed by atoms with E-state index in [1.807, 2.05) is 19.9 Å². The maximum Gasteiger partial charge on any atom is 0.251 e. The van der Waals surface area contributed by atoms with E-state index in [4.69, 9.17) is 5.73 Å². The smallest absolute Gasteiger partial charge is 0.251 e. The molecule has 112 valence electrons. The predicted octanol–water partition coefficient (Wildman–Crippen LogP) is 1.95. The summed E-state index contributed by atoms with van der Waals surface area (Å²) in [6.07, 6.45) is 6.92. The molecule has 1 fully saturated rings. The van der Waals surface area contributed by atoms with Crippen molar-refractivity contribution in [3.63, 3.8) is 0 Å². The number of aliphatic imine (C=N–C) groups is 1. The van der Waals surface area contributed by atoms with Crippen molar-refractivity contribution in [2.75, 3.05) is 12.3 Å². The second-order valence-corrected chi connectivity index (χ2v) is 4.94. The number of aromatic nitrogens is 2. The number of amides is 1. The Bertz CT molecular complexity index is 636. The lowest BCUT2D eigenvalue weighted by Gasteiger charge is -2.03. The SMILES string of the molecule is CC=C1CC(=Cc2cnn(C(C)=NCCC)c2N)C(=O)N1. The van der Waals surface area contributed by atoms with E-state index in [0.717, 1.165) is 30.1 Å². The summed E-state index contributed by atoms with van der Waals surface area (Å²) in [7, 11) is 0. The molecule has 6 nitrogen and oxygen atoms in total. The fourth-order valence-electron chi connectivity index (χ4n) is 2.11. The summed E-state index contributed by atoms with van der Waals surface area (Å²) < 4.78 is 1.60. The van der Waals surface area contributed by atoms with Crippen LogP contribution < -0.4 is 11.1 Å². The standard InChI is InChI=1S/C15H21N5O/c1-4-6-17-10(3)20-14(16)12(9-18-20)7-11-8-13(5-2)19-15(11)21/h5,7,9H,4,6,8,16H2,1-3H3,(H,19,21). The molecule has 3 N–H and O–H groups in total. The third kappa shape index (κ3) is 3.21. The number of allylic oxidation sites excluding steroid dienone is 2. The third-order valence-corrected chi connectivity index (χ3v) is 3.33. The van der Waals surface area contributed by atoms with Crippen LogP contribution in [0.1, 0.15) is 39.2 Å². The lowest BCUT2D eigenvalue weighted by molar-refractivity contribution is -0.115. The average Bonchev–Trinajstić information content (AvgIpc) is 3.01. The Morgan fingerprint density at radius 2 is 2.38 bits per heavy atom. The zero-order valence-corrected chi connectivity index (χ0v) is 12.7. The van der Waals surface area contributed by atoms with Gasteiger partial charge < -0.3 is 11.1 Å². The van der Waals surface area contributed by atoms with Gasteiger partial charge in [-0.15, -0.1) is 0 Å². The van der Waals surface area contributed by atoms with Gasteiger partial charge in [0.25, 0.3) is 5.91 Å². The summed E-state index contributed by atoms with van der Waals surface area (Å²) >= 11 is 0. The molecule has 21 heavy (non-hydrogen) atoms. The van der Waals surface area contributed by atoms with E-state index in [1.165, 1.54) is 0 Å². The van der Waals surface area contributed by atoms with Crippen LogP contribution in [0.2, 0.25) is 0 Å². The fourth-order valence-corrected chi connectivity index (χ4v) is 2.11. The maximum absolute atomic E-state index is 11.8. The highest BCUT2D eigenvalue weighted by atomic mass is 16.2. The van der Waals surface area contributed by atoms with Crippen molar-refractivity contribution in [2.24, 2.45) is 4.99 Å². The van der Waals surface area contributed by atoms with Crippen molar-refractivity contribution < 1.29 is 4.79 Å². The lowest BCUT2D eigenvalue weighted by Crippen LogP contribution is -2.14. The van der Waals surface area contributed by atoms with Crippen molar-refractivity contribution in [1.29, 1.82) is 0 Å². The molecule has 1 aromatic rings. The van der Waals surface area contributed by atoms with E-state index in [2.05, 4.69) is 22.3 Å². The van der Waals surface area contributed by atoms with Gasteiger partial charge in [0.2, 0.25) is 0 Å². The van der Waals surface area contributed by atoms with Crippen LogP contribution in [-0.2, 0) is 4.79 Å². The first-order valence-electron chi connectivity index (χ1n) is 7.08. The van der Waals surface area contributed by atoms with Gasteiger partial charge in [0.1, 0.15) is 11.7 Å². The highest BCUT2D eigenvalue weighted by Gasteiger charge is 2.21. The van der Waals surface area contributed by atoms with Crippen molar-refractivity contribution in [3.8, 4) is 0 Å². The van der Waals surface area contributed by atoms with Crippen LogP contribution in [-0.4, -0.2) is 28.1 Å². The number of nitrogens with zero attached hydrogens (tertiary/aromatic N) is 3. The van der Waals surface area contributed by atoms with Crippen molar-refractivity contribution in [2.45, 2.75) is 33.6 Å². The molecule has 2 heterocycles. The van der Waals surface area contributed by atoms with Gasteiger partial charge in [-0.2, -0.15) is 5.10 Å². The minimum absolute atomic E-state index is 0.0772. The van der Waals surface area contributed by atoms with Gasteiger partial charge in [-0.25, -0.2) is 4.68 Å². The molecule has 0 aromatic carbocycles. The number of hydrogen-bond donors (Lipinski definition) is 2. The van der Waals surface area contributed by atoms with Crippen LogP contribution >= 0.6 is 0 Å². The van der Waals surface area contributed by atoms with Gasteiger partial charge >= 0.3 is 0 Å². The molecule has 0 radical (unpaired) electrons. The van der Waals surface area contributed by atoms with Gasteiger partial charge in [-0.1, -0.05) is 13.0 Å². The molecule has 6 heteroatoms. The molecule has 0 saturated carbocycles. The Morgan fingerprint density at radius 1 is 1.62 bits per heavy atom. The number of rotatable bonds is 3. The second-order valence-electron chi connectivity index (χ2n) is 4.94. The average molecular weight is 287 g/mol. The number of nitrogens with two attached hydrogens (primary N) is 1. The quantitative estimate of drug-likeness (QED) is 0.506. The second kappa shape index (κ2) is 6.39. The molecule has 0 spiro atoms. The highest BCUT2D eigenvalue weighted by Crippen LogP contribution is 2.22. The van der Waals surface area contributed by atoms with Crippen LogP contribution in [0.3, 0.4) is 0 Å². The molecule has 0 aliphatic carbocycles. The van der Waals surface area contributed by atoms with Crippen LogP contribution in [0.5, 0.6) is 0 Å². The number of nitrogens with one attached hydrogen (secondary N) is 1. The number of carbonyl (C=O) groups is 1. The summed E-state index contributed by atoms with van der Waals surface area (Å²) in [4.78, 5) is 16.2. The van der Waals surface area contributed by atoms with E-state index < -0.39 is 0 Å². The summed E-state index contributed by atoms with van der Waals surface area (Å²) in [5.41, 5.74) is 8.44. The third-order valence-electron chi connectivity index (χ3n) is 3.33. The highest BCUT2D eigenvalue weighted by molar-refractivity contribution is 6.02. The number of carbonyl (C=O) groups excluding carboxylic acids is 1. The zero-order valence-electron chi connectivity index (χ0n) is 12.7. The number of anilines is 1. The molecule has 1 amide bonds. The van der Waals surface area contributed by atoms with Crippen LogP contribution in [0.4, 0.5) is 5.82 Å². The maximum atomic E-state index is 11.8.